The molecule has 21 heavy (non-hydrogen) atoms. The molecule has 0 saturated carbocycles. The normalized spacial score (nSPS) is 13.0. The van der Waals surface area contributed by atoms with Gasteiger partial charge in [0.2, 0.25) is 11.7 Å². The van der Waals surface area contributed by atoms with Crippen molar-refractivity contribution >= 4 is 11.7 Å². The van der Waals surface area contributed by atoms with Gasteiger partial charge in [-0.3, -0.25) is 0 Å². The molecule has 2 aromatic rings. The highest BCUT2D eigenvalue weighted by molar-refractivity contribution is 5.85. The monoisotopic (exact) mass is 285 g/mol. The summed E-state index contributed by atoms with van der Waals surface area (Å²) in [6.45, 7) is 0.921. The lowest BCUT2D eigenvalue weighted by molar-refractivity contribution is 0.0585. The summed E-state index contributed by atoms with van der Waals surface area (Å²) in [6.07, 6.45) is 3.60. The van der Waals surface area contributed by atoms with E-state index in [1.165, 1.54) is 18.9 Å². The van der Waals surface area contributed by atoms with Crippen LogP contribution >= 0.6 is 0 Å². The molecule has 0 radical (unpaired) electrons. The van der Waals surface area contributed by atoms with Crippen LogP contribution in [0.2, 0.25) is 0 Å². The first-order chi connectivity index (χ1) is 10.3. The molecule has 0 amide bonds. The first-order valence-corrected chi connectivity index (χ1v) is 6.73. The summed E-state index contributed by atoms with van der Waals surface area (Å²) in [5.74, 6) is 0.398. The molecule has 0 fully saturated rings. The van der Waals surface area contributed by atoms with E-state index in [1.54, 1.807) is 6.07 Å². The minimum atomic E-state index is -0.589. The molecule has 0 spiro atoms. The van der Waals surface area contributed by atoms with E-state index in [0.717, 1.165) is 25.1 Å². The average Bonchev–Trinajstić information content (AvgIpc) is 2.55. The maximum Gasteiger partial charge on any atom is 0.376 e. The first kappa shape index (κ1) is 13.4. The lowest BCUT2D eigenvalue weighted by atomic mass is 10.0. The zero-order valence-corrected chi connectivity index (χ0v) is 11.6. The Kier molecular flexibility index (Phi) is 3.68. The van der Waals surface area contributed by atoms with Crippen molar-refractivity contribution in [1.29, 1.82) is 0 Å². The fourth-order valence-corrected chi connectivity index (χ4v) is 2.26. The van der Waals surface area contributed by atoms with E-state index < -0.39 is 5.97 Å². The second-order valence-corrected chi connectivity index (χ2v) is 4.63. The number of fused-ring (bicyclic) bond motifs is 1. The first-order valence-electron chi connectivity index (χ1n) is 6.73. The third-order valence-corrected chi connectivity index (χ3v) is 3.25. The summed E-state index contributed by atoms with van der Waals surface area (Å²) < 4.78 is 10.4. The Hall–Kier alpha value is -2.63. The number of hydrogen-bond acceptors (Lipinski definition) is 6. The van der Waals surface area contributed by atoms with E-state index in [4.69, 9.17) is 4.74 Å². The van der Waals surface area contributed by atoms with Gasteiger partial charge in [0.15, 0.2) is 5.75 Å². The number of carbonyl (C=O) groups excluding carboxylic acids is 1. The molecule has 1 aromatic carbocycles. The van der Waals surface area contributed by atoms with Gasteiger partial charge in [0.05, 0.1) is 12.8 Å². The van der Waals surface area contributed by atoms with Crippen LogP contribution in [0.5, 0.6) is 11.6 Å². The molecule has 0 unspecified atom stereocenters. The SMILES string of the molecule is COC(=O)c1nccc(Oc2cccc3c2NCCC3)n1. The standard InChI is InChI=1S/C15H15N3O3/c1-20-15(19)14-17-9-7-12(18-14)21-11-6-2-4-10-5-3-8-16-13(10)11/h2,4,6-7,9,16H,3,5,8H2,1H3. The number of aryl methyl sites for hydroxylation is 1. The topological polar surface area (TPSA) is 73.3 Å². The van der Waals surface area contributed by atoms with Crippen LogP contribution in [0, 0.1) is 0 Å². The second-order valence-electron chi connectivity index (χ2n) is 4.63. The number of methoxy groups -OCH3 is 1. The van der Waals surface area contributed by atoms with E-state index in [-0.39, 0.29) is 5.82 Å². The molecule has 6 nitrogen and oxygen atoms in total. The second kappa shape index (κ2) is 5.78. The Bertz CT molecular complexity index is 673. The molecule has 1 aliphatic heterocycles. The van der Waals surface area contributed by atoms with Crippen molar-refractivity contribution < 1.29 is 14.3 Å². The van der Waals surface area contributed by atoms with Gasteiger partial charge in [-0.05, 0) is 24.5 Å². The zero-order chi connectivity index (χ0) is 14.7. The van der Waals surface area contributed by atoms with Crippen molar-refractivity contribution in [3.05, 3.63) is 41.9 Å². The number of benzene rings is 1. The average molecular weight is 285 g/mol. The van der Waals surface area contributed by atoms with Gasteiger partial charge in [-0.15, -0.1) is 0 Å². The maximum absolute atomic E-state index is 11.4. The predicted molar refractivity (Wildman–Crippen MR) is 76.7 cm³/mol. The van der Waals surface area contributed by atoms with Crippen LogP contribution in [0.4, 0.5) is 5.69 Å². The van der Waals surface area contributed by atoms with Crippen LogP contribution in [0.25, 0.3) is 0 Å². The van der Waals surface area contributed by atoms with E-state index >= 15 is 0 Å². The number of nitrogens with one attached hydrogen (secondary N) is 1. The van der Waals surface area contributed by atoms with Gasteiger partial charge in [-0.1, -0.05) is 12.1 Å². The zero-order valence-electron chi connectivity index (χ0n) is 11.6. The fraction of sp³-hybridized carbons (Fsp3) is 0.267. The van der Waals surface area contributed by atoms with Gasteiger partial charge in [-0.2, -0.15) is 4.98 Å². The van der Waals surface area contributed by atoms with E-state index in [1.807, 2.05) is 12.1 Å². The van der Waals surface area contributed by atoms with Crippen LogP contribution in [0.15, 0.2) is 30.5 Å². The van der Waals surface area contributed by atoms with Crippen LogP contribution in [0.3, 0.4) is 0 Å². The lowest BCUT2D eigenvalue weighted by Gasteiger charge is -2.20. The summed E-state index contributed by atoms with van der Waals surface area (Å²) in [5.41, 5.74) is 2.21. The molecule has 1 N–H and O–H groups in total. The molecule has 108 valence electrons. The number of aromatic nitrogens is 2. The molecule has 2 heterocycles. The van der Waals surface area contributed by atoms with Crippen LogP contribution < -0.4 is 10.1 Å². The molecule has 0 bridgehead atoms. The Morgan fingerprint density at radius 3 is 3.10 bits per heavy atom. The van der Waals surface area contributed by atoms with E-state index in [0.29, 0.717) is 11.6 Å². The Labute approximate surface area is 122 Å². The van der Waals surface area contributed by atoms with Gasteiger partial charge in [0.25, 0.3) is 0 Å². The highest BCUT2D eigenvalue weighted by atomic mass is 16.5. The van der Waals surface area contributed by atoms with Crippen molar-refractivity contribution in [2.75, 3.05) is 19.0 Å². The molecule has 0 atom stereocenters. The van der Waals surface area contributed by atoms with E-state index in [2.05, 4.69) is 26.1 Å². The third kappa shape index (κ3) is 2.79. The fourth-order valence-electron chi connectivity index (χ4n) is 2.26. The van der Waals surface area contributed by atoms with Gasteiger partial charge < -0.3 is 14.8 Å². The van der Waals surface area contributed by atoms with Gasteiger partial charge in [-0.25, -0.2) is 9.78 Å². The van der Waals surface area contributed by atoms with Crippen LogP contribution in [-0.2, 0) is 11.2 Å². The maximum atomic E-state index is 11.4. The summed E-state index contributed by atoms with van der Waals surface area (Å²) >= 11 is 0. The number of anilines is 1. The summed E-state index contributed by atoms with van der Waals surface area (Å²) in [4.78, 5) is 19.3. The van der Waals surface area contributed by atoms with Crippen LogP contribution in [0.1, 0.15) is 22.6 Å². The number of ether oxygens (including phenoxy) is 2. The summed E-state index contributed by atoms with van der Waals surface area (Å²) in [6, 6.07) is 7.50. The number of nitrogens with zero attached hydrogens (tertiary/aromatic N) is 2. The predicted octanol–water partition coefficient (Wildman–Crippen LogP) is 2.41. The highest BCUT2D eigenvalue weighted by Gasteiger charge is 2.15. The summed E-state index contributed by atoms with van der Waals surface area (Å²) in [7, 11) is 1.29. The molecule has 3 rings (SSSR count). The van der Waals surface area contributed by atoms with Crippen LogP contribution in [-0.4, -0.2) is 29.6 Å². The van der Waals surface area contributed by atoms with Gasteiger partial charge >= 0.3 is 5.97 Å². The smallest absolute Gasteiger partial charge is 0.376 e. The third-order valence-electron chi connectivity index (χ3n) is 3.25. The number of hydrogen-bond donors (Lipinski definition) is 1. The molecular weight excluding hydrogens is 270 g/mol. The number of esters is 1. The summed E-state index contributed by atoms with van der Waals surface area (Å²) in [5, 5.41) is 3.34. The lowest BCUT2D eigenvalue weighted by Crippen LogP contribution is -2.12. The van der Waals surface area contributed by atoms with Crippen molar-refractivity contribution in [3.63, 3.8) is 0 Å². The highest BCUT2D eigenvalue weighted by Crippen LogP contribution is 2.34. The Morgan fingerprint density at radius 2 is 2.24 bits per heavy atom. The van der Waals surface area contributed by atoms with Gasteiger partial charge in [0, 0.05) is 18.8 Å². The largest absolute Gasteiger partial charge is 0.463 e. The minimum Gasteiger partial charge on any atom is -0.463 e. The van der Waals surface area contributed by atoms with Crippen molar-refractivity contribution in [3.8, 4) is 11.6 Å². The Balaban J connectivity index is 1.89. The van der Waals surface area contributed by atoms with E-state index in [9.17, 15) is 4.79 Å². The number of carbonyl (C=O) groups is 1. The van der Waals surface area contributed by atoms with Crippen molar-refractivity contribution in [1.82, 2.24) is 9.97 Å². The minimum absolute atomic E-state index is 0.0206. The molecule has 1 aliphatic rings. The number of rotatable bonds is 3. The molecular formula is C15H15N3O3. The quantitative estimate of drug-likeness (QED) is 0.873. The van der Waals surface area contributed by atoms with Gasteiger partial charge in [0.1, 0.15) is 0 Å². The Morgan fingerprint density at radius 1 is 1.33 bits per heavy atom. The molecule has 0 saturated heterocycles. The number of para-hydroxylation sites is 1. The van der Waals surface area contributed by atoms with Crippen molar-refractivity contribution in [2.24, 2.45) is 0 Å². The molecule has 1 aromatic heterocycles. The van der Waals surface area contributed by atoms with Crippen molar-refractivity contribution in [2.45, 2.75) is 12.8 Å². The molecule has 0 aliphatic carbocycles. The molecule has 6 heteroatoms.